The van der Waals surface area contributed by atoms with Gasteiger partial charge in [-0.25, -0.2) is 0 Å². The summed E-state index contributed by atoms with van der Waals surface area (Å²) in [5.74, 6) is -0.696. The van der Waals surface area contributed by atoms with E-state index in [0.717, 1.165) is 51.4 Å². The van der Waals surface area contributed by atoms with Crippen LogP contribution < -0.4 is 5.32 Å². The van der Waals surface area contributed by atoms with E-state index >= 15 is 0 Å². The molecule has 0 radical (unpaired) electrons. The van der Waals surface area contributed by atoms with Gasteiger partial charge >= 0.3 is 0 Å². The Morgan fingerprint density at radius 2 is 0.762 bits per heavy atom. The van der Waals surface area contributed by atoms with E-state index in [9.17, 15) is 40.5 Å². The number of rotatable bonds is 61. The summed E-state index contributed by atoms with van der Waals surface area (Å²) in [6.07, 6.45) is 61.1. The summed E-state index contributed by atoms with van der Waals surface area (Å²) in [6, 6.07) is -1.17. The van der Waals surface area contributed by atoms with Gasteiger partial charge in [0.25, 0.3) is 0 Å². The molecule has 0 aromatic rings. The number of aliphatic hydroxyl groups excluding tert-OH is 7. The Balaban J connectivity index is 2.21. The Labute approximate surface area is 493 Å². The number of nitrogens with one attached hydrogen (secondary N) is 1. The number of ether oxygens (including phenoxy) is 2. The van der Waals surface area contributed by atoms with Crippen LogP contribution in [0.15, 0.2) is 24.3 Å². The third-order valence-corrected chi connectivity index (χ3v) is 17.0. The molecule has 1 saturated heterocycles. The minimum absolute atomic E-state index is 0.255. The van der Waals surface area contributed by atoms with Crippen molar-refractivity contribution >= 4 is 5.91 Å². The number of hydrogen-bond donors (Lipinski definition) is 8. The first-order chi connectivity index (χ1) is 39.2. The number of amides is 1. The maximum atomic E-state index is 13.2. The molecule has 1 rings (SSSR count). The van der Waals surface area contributed by atoms with Crippen LogP contribution in [0.2, 0.25) is 0 Å². The predicted molar refractivity (Wildman–Crippen MR) is 335 cm³/mol. The molecule has 1 fully saturated rings. The van der Waals surface area contributed by atoms with E-state index in [1.807, 2.05) is 0 Å². The first-order valence-electron chi connectivity index (χ1n) is 34.7. The van der Waals surface area contributed by atoms with Crippen LogP contribution in [-0.4, -0.2) is 110 Å². The lowest BCUT2D eigenvalue weighted by molar-refractivity contribution is -0.303. The largest absolute Gasteiger partial charge is 0.394 e. The third-order valence-electron chi connectivity index (χ3n) is 17.0. The van der Waals surface area contributed by atoms with Crippen molar-refractivity contribution in [2.45, 2.75) is 396 Å². The molecule has 0 aliphatic carbocycles. The minimum Gasteiger partial charge on any atom is -0.394 e. The molecule has 0 aromatic carbocycles. The van der Waals surface area contributed by atoms with Gasteiger partial charge in [-0.05, 0) is 44.9 Å². The maximum absolute atomic E-state index is 13.2. The van der Waals surface area contributed by atoms with Crippen molar-refractivity contribution in [1.29, 1.82) is 0 Å². The van der Waals surface area contributed by atoms with Crippen molar-refractivity contribution in [2.24, 2.45) is 0 Å². The summed E-state index contributed by atoms with van der Waals surface area (Å²) in [5.41, 5.74) is 0. The van der Waals surface area contributed by atoms with Crippen LogP contribution in [-0.2, 0) is 14.3 Å². The van der Waals surface area contributed by atoms with E-state index in [4.69, 9.17) is 9.47 Å². The quantitative estimate of drug-likeness (QED) is 0.0215. The van der Waals surface area contributed by atoms with Crippen LogP contribution in [0.25, 0.3) is 0 Å². The van der Waals surface area contributed by atoms with E-state index in [1.54, 1.807) is 0 Å². The van der Waals surface area contributed by atoms with Crippen molar-refractivity contribution in [1.82, 2.24) is 5.32 Å². The highest BCUT2D eigenvalue weighted by Gasteiger charge is 2.44. The van der Waals surface area contributed by atoms with Crippen molar-refractivity contribution in [3.05, 3.63) is 24.3 Å². The second-order valence-electron chi connectivity index (χ2n) is 24.6. The van der Waals surface area contributed by atoms with E-state index in [2.05, 4.69) is 43.5 Å². The summed E-state index contributed by atoms with van der Waals surface area (Å²) in [5, 5.41) is 76.5. The summed E-state index contributed by atoms with van der Waals surface area (Å²) in [6.45, 7) is 3.51. The van der Waals surface area contributed by atoms with Crippen molar-refractivity contribution in [3.63, 3.8) is 0 Å². The average molecular weight is 1140 g/mol. The van der Waals surface area contributed by atoms with Gasteiger partial charge in [-0.3, -0.25) is 4.79 Å². The molecule has 1 aliphatic rings. The number of hydrogen-bond acceptors (Lipinski definition) is 10. The van der Waals surface area contributed by atoms with Crippen LogP contribution in [0, 0.1) is 0 Å². The second kappa shape index (κ2) is 58.0. The normalized spacial score (nSPS) is 19.3. The Morgan fingerprint density at radius 3 is 1.11 bits per heavy atom. The highest BCUT2D eigenvalue weighted by atomic mass is 16.7. The molecule has 1 aliphatic heterocycles. The topological polar surface area (TPSA) is 189 Å². The summed E-state index contributed by atoms with van der Waals surface area (Å²) in [7, 11) is 0. The predicted octanol–water partition coefficient (Wildman–Crippen LogP) is 16.4. The molecule has 11 heteroatoms. The molecule has 8 N–H and O–H groups in total. The summed E-state index contributed by atoms with van der Waals surface area (Å²) < 4.78 is 11.2. The molecule has 1 amide bonds. The number of unbranched alkanes of at least 4 members (excludes halogenated alkanes) is 45. The lowest BCUT2D eigenvalue weighted by Crippen LogP contribution is -2.60. The van der Waals surface area contributed by atoms with Crippen LogP contribution >= 0.6 is 0 Å². The number of carbonyl (C=O) groups excluding carboxylic acids is 1. The lowest BCUT2D eigenvalue weighted by atomic mass is 9.98. The average Bonchev–Trinajstić information content (AvgIpc) is 3.46. The van der Waals surface area contributed by atoms with Gasteiger partial charge in [0.15, 0.2) is 6.29 Å². The van der Waals surface area contributed by atoms with Crippen molar-refractivity contribution < 1.29 is 50.0 Å². The SMILES string of the molecule is CCCCCCCCCCC/C=C\C/C=C\CCCCCCCCCCC(O)C(=O)NC(COC1OC(CO)C(O)C(O)C1O)C(O)C(O)CCCCCCCCCCCCCCCCCCCCCCCCCCCCCCC. The van der Waals surface area contributed by atoms with Crippen molar-refractivity contribution in [2.75, 3.05) is 13.2 Å². The smallest absolute Gasteiger partial charge is 0.249 e. The van der Waals surface area contributed by atoms with Crippen LogP contribution in [0.1, 0.15) is 341 Å². The molecule has 11 nitrogen and oxygen atoms in total. The molecule has 1 heterocycles. The minimum atomic E-state index is -1.66. The molecule has 0 spiro atoms. The van der Waals surface area contributed by atoms with E-state index in [-0.39, 0.29) is 6.42 Å². The Kier molecular flexibility index (Phi) is 55.5. The molecule has 0 saturated carbocycles. The fourth-order valence-corrected chi connectivity index (χ4v) is 11.4. The molecular formula is C69H133NO10. The first kappa shape index (κ1) is 76.6. The highest BCUT2D eigenvalue weighted by molar-refractivity contribution is 5.80. The van der Waals surface area contributed by atoms with Crippen molar-refractivity contribution in [3.8, 4) is 0 Å². The van der Waals surface area contributed by atoms with Gasteiger partial charge in [0.1, 0.15) is 36.6 Å². The van der Waals surface area contributed by atoms with Crippen LogP contribution in [0.4, 0.5) is 0 Å². The number of carbonyl (C=O) groups is 1. The molecule has 0 bridgehead atoms. The fraction of sp³-hybridized carbons (Fsp3) is 0.928. The third kappa shape index (κ3) is 45.0. The van der Waals surface area contributed by atoms with Gasteiger partial charge in [0.05, 0.1) is 25.4 Å². The van der Waals surface area contributed by atoms with Gasteiger partial charge in [-0.1, -0.05) is 321 Å². The molecule has 0 aromatic heterocycles. The van der Waals surface area contributed by atoms with Crippen LogP contribution in [0.5, 0.6) is 0 Å². The van der Waals surface area contributed by atoms with E-state index in [1.165, 1.54) is 250 Å². The second-order valence-corrected chi connectivity index (χ2v) is 24.6. The monoisotopic (exact) mass is 1140 g/mol. The van der Waals surface area contributed by atoms with E-state index < -0.39 is 74.2 Å². The maximum Gasteiger partial charge on any atom is 0.249 e. The number of aliphatic hydroxyl groups is 7. The highest BCUT2D eigenvalue weighted by Crippen LogP contribution is 2.24. The number of allylic oxidation sites excluding steroid dienone is 4. The lowest BCUT2D eigenvalue weighted by Gasteiger charge is -2.40. The zero-order valence-electron chi connectivity index (χ0n) is 52.3. The molecular weight excluding hydrogens is 1000 g/mol. The van der Waals surface area contributed by atoms with E-state index in [0.29, 0.717) is 19.3 Å². The Hall–Kier alpha value is -1.41. The summed E-state index contributed by atoms with van der Waals surface area (Å²) in [4.78, 5) is 13.2. The van der Waals surface area contributed by atoms with Gasteiger partial charge in [-0.15, -0.1) is 0 Å². The fourth-order valence-electron chi connectivity index (χ4n) is 11.4. The zero-order valence-corrected chi connectivity index (χ0v) is 52.3. The standard InChI is InChI=1S/C69H133NO10/c1-3-5-7-9-11-13-15-17-19-21-23-25-27-29-30-31-32-33-35-36-38-40-42-44-46-48-50-52-54-56-61(72)64(74)60(59-79-69-67(77)66(76)65(75)63(58-71)80-69)70-68(78)62(73)57-55-53-51-49-47-45-43-41-39-37-34-28-26-24-22-20-18-16-14-12-10-8-6-4-2/h24,26,34,37,60-67,69,71-77H,3-23,25,27-33,35-36,38-59H2,1-2H3,(H,70,78)/b26-24-,37-34-. The molecule has 80 heavy (non-hydrogen) atoms. The first-order valence-corrected chi connectivity index (χ1v) is 34.7. The van der Waals surface area contributed by atoms with Gasteiger partial charge in [-0.2, -0.15) is 0 Å². The van der Waals surface area contributed by atoms with Gasteiger partial charge in [0.2, 0.25) is 5.91 Å². The van der Waals surface area contributed by atoms with Gasteiger partial charge < -0.3 is 50.5 Å². The molecule has 9 unspecified atom stereocenters. The Bertz CT molecular complexity index is 1350. The Morgan fingerprint density at radius 1 is 0.438 bits per heavy atom. The summed E-state index contributed by atoms with van der Waals surface area (Å²) >= 11 is 0. The molecule has 9 atom stereocenters. The van der Waals surface area contributed by atoms with Crippen LogP contribution in [0.3, 0.4) is 0 Å². The van der Waals surface area contributed by atoms with Gasteiger partial charge in [0, 0.05) is 0 Å². The molecule has 474 valence electrons. The zero-order chi connectivity index (χ0) is 58.2.